The average molecular weight is 503 g/mol. The van der Waals surface area contributed by atoms with Crippen LogP contribution >= 0.6 is 0 Å². The van der Waals surface area contributed by atoms with Crippen LogP contribution in [0.15, 0.2) is 36.4 Å². The van der Waals surface area contributed by atoms with Crippen molar-refractivity contribution in [3.05, 3.63) is 59.2 Å². The maximum atomic E-state index is 15.4. The van der Waals surface area contributed by atoms with Crippen LogP contribution in [0.4, 0.5) is 4.39 Å². The summed E-state index contributed by atoms with van der Waals surface area (Å²) in [4.78, 5) is 17.0. The quantitative estimate of drug-likeness (QED) is 0.348. The van der Waals surface area contributed by atoms with Gasteiger partial charge in [0.15, 0.2) is 0 Å². The first-order chi connectivity index (χ1) is 17.5. The average Bonchev–Trinajstić information content (AvgIpc) is 3.46. The van der Waals surface area contributed by atoms with Crippen LogP contribution in [0.2, 0.25) is 0 Å². The monoisotopic (exact) mass is 503 g/mol. The molecule has 1 aliphatic carbocycles. The van der Waals surface area contributed by atoms with Gasteiger partial charge in [-0.15, -0.1) is 0 Å². The van der Waals surface area contributed by atoms with E-state index in [0.717, 1.165) is 18.4 Å². The molecule has 0 spiro atoms. The maximum Gasteiger partial charge on any atom is 0.494 e. The lowest BCUT2D eigenvalue weighted by atomic mass is 9.78. The number of hydrogen-bond donors (Lipinski definition) is 0. The van der Waals surface area contributed by atoms with Crippen LogP contribution in [-0.4, -0.2) is 41.0 Å². The van der Waals surface area contributed by atoms with Crippen molar-refractivity contribution >= 4 is 29.6 Å². The molecule has 0 N–H and O–H groups in total. The van der Waals surface area contributed by atoms with Gasteiger partial charge in [0, 0.05) is 24.8 Å². The van der Waals surface area contributed by atoms with Crippen molar-refractivity contribution in [3.63, 3.8) is 0 Å². The van der Waals surface area contributed by atoms with Gasteiger partial charge in [-0.3, -0.25) is 0 Å². The fraction of sp³-hybridized carbons (Fsp3) is 0.464. The van der Waals surface area contributed by atoms with E-state index in [4.69, 9.17) is 19.0 Å². The molecule has 192 valence electrons. The molecule has 0 unspecified atom stereocenters. The van der Waals surface area contributed by atoms with Gasteiger partial charge in [-0.1, -0.05) is 12.1 Å². The van der Waals surface area contributed by atoms with Crippen molar-refractivity contribution in [2.45, 2.75) is 71.1 Å². The number of nitriles is 1. The Morgan fingerprint density at radius 1 is 1.16 bits per heavy atom. The van der Waals surface area contributed by atoms with Crippen molar-refractivity contribution in [2.24, 2.45) is 5.41 Å². The number of carbonyl (C=O) groups is 1. The first kappa shape index (κ1) is 25.4. The number of esters is 1. The minimum atomic E-state index is -0.643. The molecular formula is C28H31BFN3O4. The zero-order chi connectivity index (χ0) is 26.6. The zero-order valence-corrected chi connectivity index (χ0v) is 21.9. The Morgan fingerprint density at radius 2 is 1.86 bits per heavy atom. The van der Waals surface area contributed by atoms with Crippen LogP contribution in [0.25, 0.3) is 11.0 Å². The number of methoxy groups -OCH3 is 1. The fourth-order valence-corrected chi connectivity index (χ4v) is 4.80. The predicted molar refractivity (Wildman–Crippen MR) is 138 cm³/mol. The molecule has 0 atom stereocenters. The number of ether oxygens (including phenoxy) is 1. The standard InChI is InChI=1S/C28H31BFN3O4/c1-26(2)27(3,4)37-29(36-26)20-8-6-18(21(30)16-20)15-24-32-22-9-7-19(25(34)35-5)14-23(22)33(24)17-28(10-11-28)12-13-31/h6-9,14,16H,10-12,15,17H2,1-5H3. The molecule has 0 radical (unpaired) electrons. The molecule has 2 heterocycles. The van der Waals surface area contributed by atoms with Gasteiger partial charge in [-0.2, -0.15) is 5.26 Å². The molecule has 0 bridgehead atoms. The van der Waals surface area contributed by atoms with E-state index >= 15 is 4.39 Å². The summed E-state index contributed by atoms with van der Waals surface area (Å²) in [5, 5.41) is 9.35. The van der Waals surface area contributed by atoms with Crippen molar-refractivity contribution in [3.8, 4) is 6.07 Å². The first-order valence-electron chi connectivity index (χ1n) is 12.6. The lowest BCUT2D eigenvalue weighted by Crippen LogP contribution is -2.41. The molecule has 37 heavy (non-hydrogen) atoms. The largest absolute Gasteiger partial charge is 0.494 e. The molecule has 2 aliphatic rings. The molecule has 1 aliphatic heterocycles. The van der Waals surface area contributed by atoms with Gasteiger partial charge in [-0.25, -0.2) is 14.2 Å². The van der Waals surface area contributed by atoms with Crippen LogP contribution in [0.5, 0.6) is 0 Å². The highest BCUT2D eigenvalue weighted by molar-refractivity contribution is 6.62. The van der Waals surface area contributed by atoms with Crippen molar-refractivity contribution in [1.29, 1.82) is 5.26 Å². The molecule has 2 aromatic carbocycles. The second kappa shape index (κ2) is 8.96. The number of halogens is 1. The van der Waals surface area contributed by atoms with E-state index in [2.05, 4.69) is 6.07 Å². The topological polar surface area (TPSA) is 86.4 Å². The number of nitrogens with zero attached hydrogens (tertiary/aromatic N) is 3. The number of aromatic nitrogens is 2. The first-order valence-corrected chi connectivity index (χ1v) is 12.6. The third kappa shape index (κ3) is 4.65. The summed E-state index contributed by atoms with van der Waals surface area (Å²) >= 11 is 0. The molecule has 0 amide bonds. The highest BCUT2D eigenvalue weighted by Crippen LogP contribution is 2.50. The Labute approximate surface area is 216 Å². The summed E-state index contributed by atoms with van der Waals surface area (Å²) in [7, 11) is 0.702. The molecule has 7 nitrogen and oxygen atoms in total. The van der Waals surface area contributed by atoms with Gasteiger partial charge in [0.1, 0.15) is 11.6 Å². The van der Waals surface area contributed by atoms with Gasteiger partial charge >= 0.3 is 13.1 Å². The second-order valence-corrected chi connectivity index (χ2v) is 11.3. The van der Waals surface area contributed by atoms with Crippen LogP contribution in [0.1, 0.15) is 68.7 Å². The van der Waals surface area contributed by atoms with Crippen LogP contribution < -0.4 is 5.46 Å². The smallest absolute Gasteiger partial charge is 0.465 e. The Hall–Kier alpha value is -3.22. The fourth-order valence-electron chi connectivity index (χ4n) is 4.80. The molecule has 5 rings (SSSR count). The number of hydrogen-bond acceptors (Lipinski definition) is 6. The molecule has 1 aromatic heterocycles. The van der Waals surface area contributed by atoms with Gasteiger partial charge in [0.05, 0.1) is 41.0 Å². The normalized spacial score (nSPS) is 19.1. The summed E-state index contributed by atoms with van der Waals surface area (Å²) in [5.74, 6) is -0.110. The summed E-state index contributed by atoms with van der Waals surface area (Å²) in [5.41, 5.74) is 1.90. The minimum Gasteiger partial charge on any atom is -0.465 e. The summed E-state index contributed by atoms with van der Waals surface area (Å²) in [6.07, 6.45) is 2.61. The van der Waals surface area contributed by atoms with Gasteiger partial charge in [-0.05, 0) is 75.8 Å². The van der Waals surface area contributed by atoms with Gasteiger partial charge in [0.2, 0.25) is 0 Å². The SMILES string of the molecule is COC(=O)c1ccc2nc(Cc3ccc(B4OC(C)(C)C(C)(C)O4)cc3F)n(CC3(CC#N)CC3)c2c1. The van der Waals surface area contributed by atoms with Crippen molar-refractivity contribution in [2.75, 3.05) is 7.11 Å². The molecule has 3 aromatic rings. The number of carbonyl (C=O) groups excluding carboxylic acids is 1. The minimum absolute atomic E-state index is 0.114. The Bertz CT molecular complexity index is 1400. The molecule has 1 saturated heterocycles. The van der Waals surface area contributed by atoms with Crippen LogP contribution in [-0.2, 0) is 27.0 Å². The summed E-state index contributed by atoms with van der Waals surface area (Å²) in [6, 6.07) is 12.6. The highest BCUT2D eigenvalue weighted by atomic mass is 19.1. The van der Waals surface area contributed by atoms with Crippen LogP contribution in [0.3, 0.4) is 0 Å². The van der Waals surface area contributed by atoms with E-state index in [0.29, 0.717) is 40.9 Å². The number of fused-ring (bicyclic) bond motifs is 1. The number of rotatable bonds is 7. The second-order valence-electron chi connectivity index (χ2n) is 11.3. The van der Waals surface area contributed by atoms with E-state index in [1.165, 1.54) is 13.2 Å². The maximum absolute atomic E-state index is 15.4. The van der Waals surface area contributed by atoms with E-state index in [9.17, 15) is 10.1 Å². The Kier molecular flexibility index (Phi) is 6.16. The summed E-state index contributed by atoms with van der Waals surface area (Å²) in [6.45, 7) is 8.45. The van der Waals surface area contributed by atoms with E-state index < -0.39 is 24.3 Å². The lowest BCUT2D eigenvalue weighted by molar-refractivity contribution is 0.00578. The summed E-state index contributed by atoms with van der Waals surface area (Å²) < 4.78 is 34.5. The highest BCUT2D eigenvalue weighted by Gasteiger charge is 2.51. The Morgan fingerprint density at radius 3 is 2.46 bits per heavy atom. The molecule has 9 heteroatoms. The lowest BCUT2D eigenvalue weighted by Gasteiger charge is -2.32. The molecule has 1 saturated carbocycles. The van der Waals surface area contributed by atoms with Gasteiger partial charge < -0.3 is 18.6 Å². The van der Waals surface area contributed by atoms with E-state index in [-0.39, 0.29) is 17.7 Å². The predicted octanol–water partition coefficient (Wildman–Crippen LogP) is 4.55. The van der Waals surface area contributed by atoms with E-state index in [1.54, 1.807) is 24.3 Å². The molecular weight excluding hydrogens is 472 g/mol. The molecule has 2 fully saturated rings. The van der Waals surface area contributed by atoms with E-state index in [1.807, 2.05) is 38.3 Å². The zero-order valence-electron chi connectivity index (χ0n) is 21.9. The third-order valence-corrected chi connectivity index (χ3v) is 8.10. The third-order valence-electron chi connectivity index (χ3n) is 8.10. The van der Waals surface area contributed by atoms with Crippen LogP contribution in [0, 0.1) is 22.6 Å². The number of benzene rings is 2. The van der Waals surface area contributed by atoms with Crippen molar-refractivity contribution in [1.82, 2.24) is 9.55 Å². The Balaban J connectivity index is 1.48. The number of imidazole rings is 1. The van der Waals surface area contributed by atoms with Crippen molar-refractivity contribution < 1.29 is 23.2 Å². The van der Waals surface area contributed by atoms with Gasteiger partial charge in [0.25, 0.3) is 0 Å².